The zero-order chi connectivity index (χ0) is 10.2. The summed E-state index contributed by atoms with van der Waals surface area (Å²) in [5, 5.41) is 0. The minimum Gasteiger partial charge on any atom is -0.248 e. The summed E-state index contributed by atoms with van der Waals surface area (Å²) in [5.41, 5.74) is 0.871. The Hall–Kier alpha value is -1.29. The van der Waals surface area contributed by atoms with Crippen LogP contribution in [0.3, 0.4) is 0 Å². The summed E-state index contributed by atoms with van der Waals surface area (Å²) in [6, 6.07) is 5.82. The monoisotopic (exact) mass is 187 g/mol. The summed E-state index contributed by atoms with van der Waals surface area (Å²) < 4.78 is 0. The zero-order valence-corrected chi connectivity index (χ0v) is 8.96. The van der Waals surface area contributed by atoms with Gasteiger partial charge in [0.25, 0.3) is 0 Å². The Bertz CT molecular complexity index is 305. The molecule has 14 heavy (non-hydrogen) atoms. The standard InChI is InChI=1S/C13H17N/c1-3-4-7-12(2)9-10-13-8-5-6-11-14-13/h5-6,8,11-12H,3-4,7H2,1-2H3. The highest BCUT2D eigenvalue weighted by molar-refractivity contribution is 5.27. The average Bonchev–Trinajstić information content (AvgIpc) is 2.25. The van der Waals surface area contributed by atoms with E-state index in [9.17, 15) is 0 Å². The first-order valence-corrected chi connectivity index (χ1v) is 5.25. The van der Waals surface area contributed by atoms with Crippen molar-refractivity contribution in [1.82, 2.24) is 4.98 Å². The number of pyridine rings is 1. The van der Waals surface area contributed by atoms with Crippen molar-refractivity contribution in [2.24, 2.45) is 5.92 Å². The van der Waals surface area contributed by atoms with Crippen molar-refractivity contribution in [2.45, 2.75) is 33.1 Å². The molecule has 1 heteroatoms. The highest BCUT2D eigenvalue weighted by Crippen LogP contribution is 2.05. The molecule has 0 fully saturated rings. The second-order valence-corrected chi connectivity index (χ2v) is 3.53. The lowest BCUT2D eigenvalue weighted by Gasteiger charge is -2.00. The van der Waals surface area contributed by atoms with Gasteiger partial charge in [0.2, 0.25) is 0 Å². The molecule has 74 valence electrons. The van der Waals surface area contributed by atoms with Gasteiger partial charge in [0.15, 0.2) is 0 Å². The molecule has 0 saturated carbocycles. The molecule has 0 saturated heterocycles. The predicted molar refractivity (Wildman–Crippen MR) is 59.8 cm³/mol. The Balaban J connectivity index is 2.47. The van der Waals surface area contributed by atoms with E-state index in [1.807, 2.05) is 18.2 Å². The summed E-state index contributed by atoms with van der Waals surface area (Å²) in [4.78, 5) is 4.16. The zero-order valence-electron chi connectivity index (χ0n) is 8.96. The highest BCUT2D eigenvalue weighted by Gasteiger charge is 1.94. The number of aromatic nitrogens is 1. The first-order chi connectivity index (χ1) is 6.83. The van der Waals surface area contributed by atoms with Crippen LogP contribution in [-0.4, -0.2) is 4.98 Å². The van der Waals surface area contributed by atoms with Crippen LogP contribution in [0.4, 0.5) is 0 Å². The predicted octanol–water partition coefficient (Wildman–Crippen LogP) is 3.26. The van der Waals surface area contributed by atoms with E-state index in [4.69, 9.17) is 0 Å². The van der Waals surface area contributed by atoms with Gasteiger partial charge < -0.3 is 0 Å². The van der Waals surface area contributed by atoms with Gasteiger partial charge in [-0.3, -0.25) is 0 Å². The number of unbranched alkanes of at least 4 members (excludes halogenated alkanes) is 1. The number of rotatable bonds is 3. The molecule has 0 N–H and O–H groups in total. The maximum absolute atomic E-state index is 4.16. The number of nitrogens with zero attached hydrogens (tertiary/aromatic N) is 1. The fourth-order valence-corrected chi connectivity index (χ4v) is 1.22. The van der Waals surface area contributed by atoms with Crippen LogP contribution in [0, 0.1) is 17.8 Å². The van der Waals surface area contributed by atoms with E-state index in [0.29, 0.717) is 5.92 Å². The summed E-state index contributed by atoms with van der Waals surface area (Å²) >= 11 is 0. The van der Waals surface area contributed by atoms with Gasteiger partial charge in [-0.1, -0.05) is 38.7 Å². The molecule has 1 unspecified atom stereocenters. The van der Waals surface area contributed by atoms with E-state index < -0.39 is 0 Å². The molecule has 1 heterocycles. The molecular formula is C13H17N. The SMILES string of the molecule is CCCCC(C)C#Cc1ccccn1. The fourth-order valence-electron chi connectivity index (χ4n) is 1.22. The van der Waals surface area contributed by atoms with Gasteiger partial charge >= 0.3 is 0 Å². The average molecular weight is 187 g/mol. The van der Waals surface area contributed by atoms with Crippen molar-refractivity contribution >= 4 is 0 Å². The van der Waals surface area contributed by atoms with Crippen molar-refractivity contribution in [2.75, 3.05) is 0 Å². The minimum atomic E-state index is 0.483. The Labute approximate surface area is 86.6 Å². The van der Waals surface area contributed by atoms with Crippen molar-refractivity contribution in [3.8, 4) is 11.8 Å². The van der Waals surface area contributed by atoms with E-state index in [0.717, 1.165) is 5.69 Å². The first kappa shape index (κ1) is 10.8. The van der Waals surface area contributed by atoms with Crippen LogP contribution in [0.2, 0.25) is 0 Å². The van der Waals surface area contributed by atoms with Crippen molar-refractivity contribution in [3.63, 3.8) is 0 Å². The van der Waals surface area contributed by atoms with Crippen molar-refractivity contribution in [3.05, 3.63) is 30.1 Å². The third-order valence-corrected chi connectivity index (χ3v) is 2.10. The highest BCUT2D eigenvalue weighted by atomic mass is 14.6. The Morgan fingerprint density at radius 2 is 2.29 bits per heavy atom. The summed E-state index contributed by atoms with van der Waals surface area (Å²) in [5.74, 6) is 6.80. The molecule has 1 rings (SSSR count). The molecule has 1 aromatic rings. The summed E-state index contributed by atoms with van der Waals surface area (Å²) in [6.45, 7) is 4.38. The lowest BCUT2D eigenvalue weighted by atomic mass is 10.1. The Morgan fingerprint density at radius 1 is 1.43 bits per heavy atom. The molecule has 1 nitrogen and oxygen atoms in total. The topological polar surface area (TPSA) is 12.9 Å². The van der Waals surface area contributed by atoms with Gasteiger partial charge in [-0.2, -0.15) is 0 Å². The Kier molecular flexibility index (Phi) is 4.78. The van der Waals surface area contributed by atoms with Crippen LogP contribution in [0.5, 0.6) is 0 Å². The first-order valence-electron chi connectivity index (χ1n) is 5.25. The van der Waals surface area contributed by atoms with E-state index in [2.05, 4.69) is 30.7 Å². The smallest absolute Gasteiger partial charge is 0.113 e. The van der Waals surface area contributed by atoms with Crippen molar-refractivity contribution in [1.29, 1.82) is 0 Å². The van der Waals surface area contributed by atoms with Gasteiger partial charge in [0, 0.05) is 12.1 Å². The Morgan fingerprint density at radius 3 is 2.93 bits per heavy atom. The second-order valence-electron chi connectivity index (χ2n) is 3.53. The molecule has 1 atom stereocenters. The maximum Gasteiger partial charge on any atom is 0.113 e. The lowest BCUT2D eigenvalue weighted by molar-refractivity contribution is 0.613. The van der Waals surface area contributed by atoms with Crippen LogP contribution in [0.25, 0.3) is 0 Å². The van der Waals surface area contributed by atoms with E-state index in [1.165, 1.54) is 19.3 Å². The van der Waals surface area contributed by atoms with Crippen molar-refractivity contribution < 1.29 is 0 Å². The molecule has 0 aromatic carbocycles. The second kappa shape index (κ2) is 6.21. The molecule has 0 aliphatic rings. The number of hydrogen-bond donors (Lipinski definition) is 0. The fraction of sp³-hybridized carbons (Fsp3) is 0.462. The third-order valence-electron chi connectivity index (χ3n) is 2.10. The van der Waals surface area contributed by atoms with Crippen LogP contribution >= 0.6 is 0 Å². The number of hydrogen-bond acceptors (Lipinski definition) is 1. The van der Waals surface area contributed by atoms with Crippen LogP contribution in [-0.2, 0) is 0 Å². The molecule has 0 radical (unpaired) electrons. The van der Waals surface area contributed by atoms with Crippen LogP contribution < -0.4 is 0 Å². The van der Waals surface area contributed by atoms with Crippen LogP contribution in [0.1, 0.15) is 38.8 Å². The molecular weight excluding hydrogens is 170 g/mol. The maximum atomic E-state index is 4.16. The molecule has 0 aliphatic carbocycles. The molecule has 0 aliphatic heterocycles. The van der Waals surface area contributed by atoms with E-state index >= 15 is 0 Å². The van der Waals surface area contributed by atoms with Gasteiger partial charge in [-0.05, 0) is 24.5 Å². The quantitative estimate of drug-likeness (QED) is 0.662. The van der Waals surface area contributed by atoms with Gasteiger partial charge in [0.1, 0.15) is 5.69 Å². The normalized spacial score (nSPS) is 11.6. The van der Waals surface area contributed by atoms with Gasteiger partial charge in [-0.25, -0.2) is 4.98 Å². The molecule has 1 aromatic heterocycles. The minimum absolute atomic E-state index is 0.483. The van der Waals surface area contributed by atoms with Gasteiger partial charge in [-0.15, -0.1) is 0 Å². The van der Waals surface area contributed by atoms with E-state index in [1.54, 1.807) is 6.20 Å². The summed E-state index contributed by atoms with van der Waals surface area (Å²) in [7, 11) is 0. The van der Waals surface area contributed by atoms with E-state index in [-0.39, 0.29) is 0 Å². The molecule has 0 bridgehead atoms. The molecule has 0 amide bonds. The largest absolute Gasteiger partial charge is 0.248 e. The van der Waals surface area contributed by atoms with Crippen LogP contribution in [0.15, 0.2) is 24.4 Å². The summed E-state index contributed by atoms with van der Waals surface area (Å²) in [6.07, 6.45) is 5.48. The lowest BCUT2D eigenvalue weighted by Crippen LogP contribution is -1.90. The third kappa shape index (κ3) is 4.09. The molecule has 0 spiro atoms. The van der Waals surface area contributed by atoms with Gasteiger partial charge in [0.05, 0.1) is 0 Å².